The summed E-state index contributed by atoms with van der Waals surface area (Å²) in [5, 5.41) is 7.30. The fourth-order valence-corrected chi connectivity index (χ4v) is 3.79. The van der Waals surface area contributed by atoms with E-state index in [2.05, 4.69) is 28.5 Å². The first kappa shape index (κ1) is 18.5. The van der Waals surface area contributed by atoms with Crippen molar-refractivity contribution in [1.29, 1.82) is 0 Å². The lowest BCUT2D eigenvalue weighted by molar-refractivity contribution is 0.488. The lowest BCUT2D eigenvalue weighted by Gasteiger charge is -2.13. The molecule has 0 radical (unpaired) electrons. The van der Waals surface area contributed by atoms with Gasteiger partial charge in [-0.05, 0) is 60.3 Å². The van der Waals surface area contributed by atoms with Gasteiger partial charge in [-0.3, -0.25) is 0 Å². The first-order valence-corrected chi connectivity index (χ1v) is 10.1. The van der Waals surface area contributed by atoms with E-state index in [0.717, 1.165) is 50.2 Å². The molecule has 0 aliphatic rings. The Labute approximate surface area is 179 Å². The van der Waals surface area contributed by atoms with Crippen molar-refractivity contribution in [2.24, 2.45) is 0 Å². The van der Waals surface area contributed by atoms with Crippen molar-refractivity contribution in [2.45, 2.75) is 6.92 Å². The fraction of sp³-hybridized carbons (Fsp3) is 0.0385. The molecule has 0 bridgehead atoms. The molecule has 4 aromatic carbocycles. The standard InChI is InChI=1S/C26H19ClN2O/c1-17-16-20(30-24-11-5-7-18-6-2-3-9-21(18)24)13-14-23(17)28-25-15-12-19-8-4-10-22(27)26(19)29-25/h2-16H,1H3,(H,28,29). The van der Waals surface area contributed by atoms with Crippen molar-refractivity contribution >= 4 is 44.8 Å². The maximum absolute atomic E-state index is 6.30. The monoisotopic (exact) mass is 410 g/mol. The number of benzene rings is 4. The van der Waals surface area contributed by atoms with Crippen LogP contribution in [0.25, 0.3) is 21.7 Å². The van der Waals surface area contributed by atoms with E-state index in [4.69, 9.17) is 16.3 Å². The van der Waals surface area contributed by atoms with E-state index in [9.17, 15) is 0 Å². The molecule has 0 fully saturated rings. The third-order valence-electron chi connectivity index (χ3n) is 5.11. The Kier molecular flexibility index (Phi) is 4.74. The van der Waals surface area contributed by atoms with E-state index in [1.165, 1.54) is 0 Å². The maximum atomic E-state index is 6.30. The van der Waals surface area contributed by atoms with E-state index >= 15 is 0 Å². The van der Waals surface area contributed by atoms with Gasteiger partial charge in [-0.25, -0.2) is 4.98 Å². The topological polar surface area (TPSA) is 34.1 Å². The average Bonchev–Trinajstić information content (AvgIpc) is 2.76. The van der Waals surface area contributed by atoms with Crippen molar-refractivity contribution in [3.05, 3.63) is 102 Å². The van der Waals surface area contributed by atoms with Gasteiger partial charge < -0.3 is 10.1 Å². The van der Waals surface area contributed by atoms with Crippen molar-refractivity contribution in [3.63, 3.8) is 0 Å². The Hall–Kier alpha value is -3.56. The van der Waals surface area contributed by atoms with Crippen LogP contribution in [0.15, 0.2) is 91.0 Å². The summed E-state index contributed by atoms with van der Waals surface area (Å²) in [7, 11) is 0. The van der Waals surface area contributed by atoms with Crippen molar-refractivity contribution in [1.82, 2.24) is 4.98 Å². The smallest absolute Gasteiger partial charge is 0.135 e. The van der Waals surface area contributed by atoms with Crippen LogP contribution in [-0.4, -0.2) is 4.98 Å². The summed E-state index contributed by atoms with van der Waals surface area (Å²) in [5.74, 6) is 2.39. The largest absolute Gasteiger partial charge is 0.457 e. The van der Waals surface area contributed by atoms with Crippen LogP contribution in [0.4, 0.5) is 11.5 Å². The SMILES string of the molecule is Cc1cc(Oc2cccc3ccccc23)ccc1Nc1ccc2cccc(Cl)c2n1. The summed E-state index contributed by atoms with van der Waals surface area (Å²) in [4.78, 5) is 4.66. The zero-order chi connectivity index (χ0) is 20.5. The normalized spacial score (nSPS) is 11.0. The molecule has 5 rings (SSSR count). The van der Waals surface area contributed by atoms with Crippen LogP contribution in [0.3, 0.4) is 0 Å². The number of anilines is 2. The Morgan fingerprint density at radius 1 is 0.800 bits per heavy atom. The number of nitrogens with zero attached hydrogens (tertiary/aromatic N) is 1. The Bertz CT molecular complexity index is 1380. The predicted molar refractivity (Wildman–Crippen MR) is 125 cm³/mol. The van der Waals surface area contributed by atoms with E-state index < -0.39 is 0 Å². The third-order valence-corrected chi connectivity index (χ3v) is 5.41. The summed E-state index contributed by atoms with van der Waals surface area (Å²) in [6.07, 6.45) is 0. The van der Waals surface area contributed by atoms with E-state index in [1.54, 1.807) is 0 Å². The lowest BCUT2D eigenvalue weighted by Crippen LogP contribution is -1.97. The van der Waals surface area contributed by atoms with Gasteiger partial charge in [0.2, 0.25) is 0 Å². The number of ether oxygens (including phenoxy) is 1. The van der Waals surface area contributed by atoms with Gasteiger partial charge in [0.1, 0.15) is 17.3 Å². The molecular weight excluding hydrogens is 392 g/mol. The molecule has 0 amide bonds. The highest BCUT2D eigenvalue weighted by Gasteiger charge is 2.07. The Morgan fingerprint density at radius 3 is 2.50 bits per heavy atom. The minimum atomic E-state index is 0.645. The summed E-state index contributed by atoms with van der Waals surface area (Å²) in [6, 6.07) is 30.1. The summed E-state index contributed by atoms with van der Waals surface area (Å²) in [6.45, 7) is 2.05. The van der Waals surface area contributed by atoms with Gasteiger partial charge in [-0.1, -0.05) is 60.1 Å². The van der Waals surface area contributed by atoms with Gasteiger partial charge in [0, 0.05) is 16.5 Å². The second kappa shape index (κ2) is 7.69. The van der Waals surface area contributed by atoms with Gasteiger partial charge in [0.15, 0.2) is 0 Å². The Morgan fingerprint density at radius 2 is 1.60 bits per heavy atom. The van der Waals surface area contributed by atoms with Crippen LogP contribution in [0.5, 0.6) is 11.5 Å². The molecule has 0 aliphatic carbocycles. The number of aromatic nitrogens is 1. The molecular formula is C26H19ClN2O. The second-order valence-electron chi connectivity index (χ2n) is 7.19. The average molecular weight is 411 g/mol. The fourth-order valence-electron chi connectivity index (χ4n) is 3.57. The Balaban J connectivity index is 1.42. The molecule has 1 aromatic heterocycles. The van der Waals surface area contributed by atoms with Crippen LogP contribution < -0.4 is 10.1 Å². The number of pyridine rings is 1. The number of rotatable bonds is 4. The number of para-hydroxylation sites is 1. The summed E-state index contributed by atoms with van der Waals surface area (Å²) in [5.41, 5.74) is 2.82. The van der Waals surface area contributed by atoms with E-state index in [-0.39, 0.29) is 0 Å². The predicted octanol–water partition coefficient (Wildman–Crippen LogP) is 7.89. The van der Waals surface area contributed by atoms with Crippen LogP contribution in [0, 0.1) is 6.92 Å². The molecule has 0 spiro atoms. The van der Waals surface area contributed by atoms with E-state index in [0.29, 0.717) is 5.02 Å². The molecule has 1 heterocycles. The van der Waals surface area contributed by atoms with Gasteiger partial charge in [-0.15, -0.1) is 0 Å². The maximum Gasteiger partial charge on any atom is 0.135 e. The van der Waals surface area contributed by atoms with Crippen LogP contribution in [0.1, 0.15) is 5.56 Å². The number of hydrogen-bond donors (Lipinski definition) is 1. The number of halogens is 1. The first-order chi connectivity index (χ1) is 14.7. The molecule has 4 heteroatoms. The van der Waals surface area contributed by atoms with Crippen LogP contribution in [-0.2, 0) is 0 Å². The molecule has 30 heavy (non-hydrogen) atoms. The lowest BCUT2D eigenvalue weighted by atomic mass is 10.1. The summed E-state index contributed by atoms with van der Waals surface area (Å²) >= 11 is 6.30. The molecule has 146 valence electrons. The van der Waals surface area contributed by atoms with Gasteiger partial charge in [-0.2, -0.15) is 0 Å². The zero-order valence-corrected chi connectivity index (χ0v) is 17.1. The summed E-state index contributed by atoms with van der Waals surface area (Å²) < 4.78 is 6.19. The van der Waals surface area contributed by atoms with Crippen molar-refractivity contribution in [3.8, 4) is 11.5 Å². The van der Waals surface area contributed by atoms with Crippen LogP contribution >= 0.6 is 11.6 Å². The quantitative estimate of drug-likeness (QED) is 0.327. The van der Waals surface area contributed by atoms with E-state index in [1.807, 2.05) is 79.7 Å². The number of fused-ring (bicyclic) bond motifs is 2. The van der Waals surface area contributed by atoms with Crippen LogP contribution in [0.2, 0.25) is 5.02 Å². The molecule has 0 unspecified atom stereocenters. The van der Waals surface area contributed by atoms with Crippen molar-refractivity contribution < 1.29 is 4.74 Å². The second-order valence-corrected chi connectivity index (χ2v) is 7.60. The highest BCUT2D eigenvalue weighted by molar-refractivity contribution is 6.35. The molecule has 0 saturated carbocycles. The molecule has 0 atom stereocenters. The molecule has 0 aliphatic heterocycles. The minimum Gasteiger partial charge on any atom is -0.457 e. The zero-order valence-electron chi connectivity index (χ0n) is 16.4. The molecule has 1 N–H and O–H groups in total. The molecule has 3 nitrogen and oxygen atoms in total. The van der Waals surface area contributed by atoms with Crippen molar-refractivity contribution in [2.75, 3.05) is 5.32 Å². The highest BCUT2D eigenvalue weighted by Crippen LogP contribution is 2.32. The highest BCUT2D eigenvalue weighted by atomic mass is 35.5. The minimum absolute atomic E-state index is 0.645. The first-order valence-electron chi connectivity index (χ1n) is 9.76. The number of nitrogens with one attached hydrogen (secondary N) is 1. The molecule has 0 saturated heterocycles. The van der Waals surface area contributed by atoms with Gasteiger partial charge in [0.25, 0.3) is 0 Å². The number of aryl methyl sites for hydroxylation is 1. The molecule has 5 aromatic rings. The van der Waals surface area contributed by atoms with Gasteiger partial charge >= 0.3 is 0 Å². The third kappa shape index (κ3) is 3.56. The van der Waals surface area contributed by atoms with Gasteiger partial charge in [0.05, 0.1) is 10.5 Å². The number of hydrogen-bond acceptors (Lipinski definition) is 3.